The van der Waals surface area contributed by atoms with Gasteiger partial charge in [-0.1, -0.05) is 48.3 Å². The summed E-state index contributed by atoms with van der Waals surface area (Å²) in [6, 6.07) is 12.7. The van der Waals surface area contributed by atoms with E-state index in [-0.39, 0.29) is 23.8 Å². The van der Waals surface area contributed by atoms with Crippen LogP contribution in [0, 0.1) is 0 Å². The van der Waals surface area contributed by atoms with E-state index in [2.05, 4.69) is 25.5 Å². The first-order chi connectivity index (χ1) is 15.2. The quantitative estimate of drug-likeness (QED) is 0.620. The van der Waals surface area contributed by atoms with Gasteiger partial charge in [0.1, 0.15) is 6.54 Å². The summed E-state index contributed by atoms with van der Waals surface area (Å²) in [7, 11) is 0. The Bertz CT molecular complexity index is 1050. The second-order valence-electron chi connectivity index (χ2n) is 7.61. The van der Waals surface area contributed by atoms with E-state index in [1.165, 1.54) is 36.4 Å². The van der Waals surface area contributed by atoms with E-state index in [4.69, 9.17) is 4.52 Å². The molecule has 1 aromatic carbocycles. The molecule has 1 aliphatic heterocycles. The Hall–Kier alpha value is -3.33. The maximum absolute atomic E-state index is 12.3. The number of amides is 1. The molecule has 9 nitrogen and oxygen atoms in total. The topological polar surface area (TPSA) is 106 Å². The maximum Gasteiger partial charge on any atom is 0.316 e. The fraction of sp³-hybridized carbons (Fsp3) is 0.409. The maximum atomic E-state index is 12.3. The van der Waals surface area contributed by atoms with Crippen molar-refractivity contribution in [3.63, 3.8) is 0 Å². The summed E-state index contributed by atoms with van der Waals surface area (Å²) in [5.74, 6) is -0.303. The monoisotopic (exact) mass is 422 g/mol. The zero-order chi connectivity index (χ0) is 21.5. The van der Waals surface area contributed by atoms with Gasteiger partial charge in [0, 0.05) is 24.7 Å². The zero-order valence-electron chi connectivity index (χ0n) is 17.4. The van der Waals surface area contributed by atoms with Crippen LogP contribution in [0.2, 0.25) is 0 Å². The third-order valence-electron chi connectivity index (χ3n) is 5.30. The second-order valence-corrected chi connectivity index (χ2v) is 7.61. The lowest BCUT2D eigenvalue weighted by atomic mass is 10.1. The first-order valence-corrected chi connectivity index (χ1v) is 10.7. The van der Waals surface area contributed by atoms with E-state index >= 15 is 0 Å². The fourth-order valence-corrected chi connectivity index (χ4v) is 3.63. The smallest absolute Gasteiger partial charge is 0.316 e. The molecule has 4 rings (SSSR count). The van der Waals surface area contributed by atoms with Crippen molar-refractivity contribution in [3.05, 3.63) is 64.5 Å². The standard InChI is InChI=1S/C22H26N6O3/c29-20-11-10-18(17-8-4-3-5-9-17)25-28(20)16-19-24-22(31-26-19)21(30)23-12-15-27-13-6-1-2-7-14-27/h3-5,8-11H,1-2,6-7,12-16H2,(H,23,30). The summed E-state index contributed by atoms with van der Waals surface area (Å²) in [5.41, 5.74) is 1.27. The first-order valence-electron chi connectivity index (χ1n) is 10.7. The highest BCUT2D eigenvalue weighted by Gasteiger charge is 2.17. The van der Waals surface area contributed by atoms with Gasteiger partial charge >= 0.3 is 11.8 Å². The summed E-state index contributed by atoms with van der Waals surface area (Å²) in [6.45, 7) is 3.49. The van der Waals surface area contributed by atoms with Crippen molar-refractivity contribution in [1.82, 2.24) is 30.1 Å². The van der Waals surface area contributed by atoms with Crippen LogP contribution in [0.1, 0.15) is 42.2 Å². The predicted octanol–water partition coefficient (Wildman–Crippen LogP) is 1.95. The van der Waals surface area contributed by atoms with Gasteiger partial charge in [-0.25, -0.2) is 4.68 Å². The van der Waals surface area contributed by atoms with Crippen molar-refractivity contribution < 1.29 is 9.32 Å². The molecular weight excluding hydrogens is 396 g/mol. The predicted molar refractivity (Wildman–Crippen MR) is 115 cm³/mol. The molecule has 1 aliphatic rings. The lowest BCUT2D eigenvalue weighted by Gasteiger charge is -2.19. The van der Waals surface area contributed by atoms with Crippen molar-refractivity contribution in [3.8, 4) is 11.3 Å². The highest BCUT2D eigenvalue weighted by Crippen LogP contribution is 2.14. The summed E-state index contributed by atoms with van der Waals surface area (Å²) in [5, 5.41) is 11.0. The summed E-state index contributed by atoms with van der Waals surface area (Å²) in [4.78, 5) is 31.0. The van der Waals surface area contributed by atoms with Gasteiger partial charge in [0.25, 0.3) is 5.56 Å². The number of benzene rings is 1. The van der Waals surface area contributed by atoms with Crippen molar-refractivity contribution in [2.24, 2.45) is 0 Å². The molecule has 0 unspecified atom stereocenters. The molecule has 31 heavy (non-hydrogen) atoms. The van der Waals surface area contributed by atoms with E-state index < -0.39 is 5.91 Å². The Morgan fingerprint density at radius 1 is 1.03 bits per heavy atom. The third kappa shape index (κ3) is 5.64. The summed E-state index contributed by atoms with van der Waals surface area (Å²) >= 11 is 0. The van der Waals surface area contributed by atoms with Gasteiger partial charge in [0.2, 0.25) is 0 Å². The largest absolute Gasteiger partial charge is 0.347 e. The van der Waals surface area contributed by atoms with Gasteiger partial charge in [-0.15, -0.1) is 0 Å². The molecule has 0 radical (unpaired) electrons. The first kappa shape index (κ1) is 20.9. The molecule has 162 valence electrons. The Labute approximate surface area is 180 Å². The number of nitrogens with zero attached hydrogens (tertiary/aromatic N) is 5. The van der Waals surface area contributed by atoms with Gasteiger partial charge in [0.05, 0.1) is 5.69 Å². The highest BCUT2D eigenvalue weighted by molar-refractivity contribution is 5.89. The van der Waals surface area contributed by atoms with Crippen LogP contribution in [0.3, 0.4) is 0 Å². The zero-order valence-corrected chi connectivity index (χ0v) is 17.4. The van der Waals surface area contributed by atoms with Crippen molar-refractivity contribution in [2.75, 3.05) is 26.2 Å². The lowest BCUT2D eigenvalue weighted by Crippen LogP contribution is -2.35. The van der Waals surface area contributed by atoms with Gasteiger partial charge in [-0.2, -0.15) is 10.1 Å². The normalized spacial score (nSPS) is 14.8. The molecule has 2 aromatic heterocycles. The van der Waals surface area contributed by atoms with E-state index in [1.807, 2.05) is 30.3 Å². The van der Waals surface area contributed by atoms with Crippen LogP contribution in [0.15, 0.2) is 51.8 Å². The molecule has 1 N–H and O–H groups in total. The number of rotatable bonds is 7. The fourth-order valence-electron chi connectivity index (χ4n) is 3.63. The number of likely N-dealkylation sites (tertiary alicyclic amines) is 1. The van der Waals surface area contributed by atoms with Crippen LogP contribution >= 0.6 is 0 Å². The molecular formula is C22H26N6O3. The van der Waals surface area contributed by atoms with E-state index in [9.17, 15) is 9.59 Å². The molecule has 0 atom stereocenters. The van der Waals surface area contributed by atoms with Crippen LogP contribution in [-0.4, -0.2) is 56.9 Å². The summed E-state index contributed by atoms with van der Waals surface area (Å²) < 4.78 is 6.34. The summed E-state index contributed by atoms with van der Waals surface area (Å²) in [6.07, 6.45) is 4.97. The van der Waals surface area contributed by atoms with Crippen LogP contribution in [0.4, 0.5) is 0 Å². The Morgan fingerprint density at radius 2 is 1.81 bits per heavy atom. The van der Waals surface area contributed by atoms with E-state index in [0.29, 0.717) is 12.2 Å². The Balaban J connectivity index is 1.35. The number of hydrogen-bond acceptors (Lipinski definition) is 7. The highest BCUT2D eigenvalue weighted by atomic mass is 16.5. The number of nitrogens with one attached hydrogen (secondary N) is 1. The van der Waals surface area contributed by atoms with E-state index in [0.717, 1.165) is 25.2 Å². The SMILES string of the molecule is O=C(NCCN1CCCCCC1)c1nc(Cn2nc(-c3ccccc3)ccc2=O)no1. The minimum absolute atomic E-state index is 0.0179. The Morgan fingerprint density at radius 3 is 2.58 bits per heavy atom. The van der Waals surface area contributed by atoms with Crippen LogP contribution in [0.25, 0.3) is 11.3 Å². The average Bonchev–Trinajstić information content (AvgIpc) is 3.11. The van der Waals surface area contributed by atoms with E-state index in [1.54, 1.807) is 6.07 Å². The minimum atomic E-state index is -0.410. The van der Waals surface area contributed by atoms with Gasteiger partial charge in [-0.05, 0) is 32.0 Å². The number of carbonyl (C=O) groups excluding carboxylic acids is 1. The third-order valence-corrected chi connectivity index (χ3v) is 5.30. The number of aromatic nitrogens is 4. The molecule has 3 heterocycles. The minimum Gasteiger partial charge on any atom is -0.347 e. The lowest BCUT2D eigenvalue weighted by molar-refractivity contribution is 0.0904. The molecule has 0 saturated carbocycles. The average molecular weight is 422 g/mol. The van der Waals surface area contributed by atoms with Crippen molar-refractivity contribution in [2.45, 2.75) is 32.2 Å². The van der Waals surface area contributed by atoms with Crippen LogP contribution in [-0.2, 0) is 6.54 Å². The second kappa shape index (κ2) is 10.1. The molecule has 0 aliphatic carbocycles. The van der Waals surface area contributed by atoms with Gasteiger partial charge in [-0.3, -0.25) is 9.59 Å². The van der Waals surface area contributed by atoms with Crippen molar-refractivity contribution in [1.29, 1.82) is 0 Å². The van der Waals surface area contributed by atoms with Gasteiger partial charge < -0.3 is 14.7 Å². The molecule has 0 bridgehead atoms. The van der Waals surface area contributed by atoms with Crippen LogP contribution < -0.4 is 10.9 Å². The molecule has 1 amide bonds. The molecule has 9 heteroatoms. The number of hydrogen-bond donors (Lipinski definition) is 1. The molecule has 1 fully saturated rings. The number of carbonyl (C=O) groups is 1. The Kier molecular flexibility index (Phi) is 6.83. The van der Waals surface area contributed by atoms with Crippen LogP contribution in [0.5, 0.6) is 0 Å². The molecule has 1 saturated heterocycles. The molecule has 3 aromatic rings. The van der Waals surface area contributed by atoms with Crippen molar-refractivity contribution >= 4 is 5.91 Å². The molecule has 0 spiro atoms. The van der Waals surface area contributed by atoms with Gasteiger partial charge in [0.15, 0.2) is 5.82 Å².